The van der Waals surface area contributed by atoms with Crippen LogP contribution in [0.5, 0.6) is 0 Å². The fourth-order valence-corrected chi connectivity index (χ4v) is 2.64. The number of hydrogen-bond acceptors (Lipinski definition) is 2. The Morgan fingerprint density at radius 3 is 2.94 bits per heavy atom. The van der Waals surface area contributed by atoms with Crippen LogP contribution in [-0.4, -0.2) is 35.1 Å². The van der Waals surface area contributed by atoms with E-state index in [1.165, 1.54) is 0 Å². The minimum absolute atomic E-state index is 0.134. The quantitative estimate of drug-likeness (QED) is 0.896. The van der Waals surface area contributed by atoms with E-state index in [9.17, 15) is 4.79 Å². The summed E-state index contributed by atoms with van der Waals surface area (Å²) in [4.78, 5) is 12.8. The number of nitrogens with zero attached hydrogens (tertiary/aromatic N) is 1. The third kappa shape index (κ3) is 3.20. The summed E-state index contributed by atoms with van der Waals surface area (Å²) in [6, 6.07) is 8.09. The van der Waals surface area contributed by atoms with Crippen LogP contribution in [0, 0.1) is 0 Å². The van der Waals surface area contributed by atoms with E-state index in [0.29, 0.717) is 6.04 Å². The highest BCUT2D eigenvalue weighted by Crippen LogP contribution is 2.24. The lowest BCUT2D eigenvalue weighted by atomic mass is 10.0. The summed E-state index contributed by atoms with van der Waals surface area (Å²) >= 11 is 6.12. The molecule has 1 fully saturated rings. The molecule has 1 aromatic carbocycles. The van der Waals surface area contributed by atoms with Crippen LogP contribution in [0.3, 0.4) is 0 Å². The summed E-state index contributed by atoms with van der Waals surface area (Å²) in [5.41, 5.74) is 1.11. The van der Waals surface area contributed by atoms with E-state index in [1.807, 2.05) is 29.2 Å². The predicted octanol–water partition coefficient (Wildman–Crippen LogP) is 2.43. The topological polar surface area (TPSA) is 40.5 Å². The van der Waals surface area contributed by atoms with Gasteiger partial charge in [0, 0.05) is 11.1 Å². The van der Waals surface area contributed by atoms with Crippen LogP contribution in [0.4, 0.5) is 0 Å². The molecule has 0 radical (unpaired) electrons. The Hall–Kier alpha value is -1.06. The van der Waals surface area contributed by atoms with E-state index >= 15 is 0 Å². The first-order chi connectivity index (χ1) is 8.16. The maximum Gasteiger partial charge on any atom is 0.317 e. The molecule has 1 aliphatic heterocycles. The molecule has 1 heterocycles. The molecule has 3 nitrogen and oxygen atoms in total. The molecule has 1 atom stereocenters. The highest BCUT2D eigenvalue weighted by Gasteiger charge is 2.26. The number of aliphatic carboxylic acids is 1. The number of carboxylic acids is 1. The SMILES string of the molecule is O=C(O)CN1CCCC1Cc1ccccc1Cl. The number of rotatable bonds is 4. The van der Waals surface area contributed by atoms with Gasteiger partial charge in [0.2, 0.25) is 0 Å². The molecule has 0 bridgehead atoms. The molecule has 1 N–H and O–H groups in total. The Morgan fingerprint density at radius 1 is 1.47 bits per heavy atom. The molecule has 0 saturated carbocycles. The Balaban J connectivity index is 2.03. The average Bonchev–Trinajstić information content (AvgIpc) is 2.68. The molecule has 0 aliphatic carbocycles. The molecular formula is C13H16ClNO2. The van der Waals surface area contributed by atoms with Gasteiger partial charge in [-0.1, -0.05) is 29.8 Å². The van der Waals surface area contributed by atoms with Crippen LogP contribution in [0.25, 0.3) is 0 Å². The number of carboxylic acid groups (broad SMARTS) is 1. The summed E-state index contributed by atoms with van der Waals surface area (Å²) in [5, 5.41) is 9.62. The largest absolute Gasteiger partial charge is 0.480 e. The molecular weight excluding hydrogens is 238 g/mol. The van der Waals surface area contributed by atoms with Crippen molar-refractivity contribution in [3.63, 3.8) is 0 Å². The molecule has 4 heteroatoms. The highest BCUT2D eigenvalue weighted by atomic mass is 35.5. The van der Waals surface area contributed by atoms with Crippen LogP contribution >= 0.6 is 11.6 Å². The van der Waals surface area contributed by atoms with Crippen molar-refractivity contribution in [2.75, 3.05) is 13.1 Å². The van der Waals surface area contributed by atoms with E-state index in [1.54, 1.807) is 0 Å². The van der Waals surface area contributed by atoms with Crippen LogP contribution < -0.4 is 0 Å². The molecule has 1 aliphatic rings. The first-order valence-electron chi connectivity index (χ1n) is 5.86. The molecule has 17 heavy (non-hydrogen) atoms. The first kappa shape index (κ1) is 12.4. The monoisotopic (exact) mass is 253 g/mol. The lowest BCUT2D eigenvalue weighted by Crippen LogP contribution is -2.35. The predicted molar refractivity (Wildman–Crippen MR) is 67.4 cm³/mol. The van der Waals surface area contributed by atoms with Crippen LogP contribution in [0.1, 0.15) is 18.4 Å². The summed E-state index contributed by atoms with van der Waals surface area (Å²) in [6.07, 6.45) is 2.97. The van der Waals surface area contributed by atoms with Gasteiger partial charge in [-0.3, -0.25) is 9.69 Å². The molecule has 1 saturated heterocycles. The number of carbonyl (C=O) groups is 1. The van der Waals surface area contributed by atoms with Gasteiger partial charge in [-0.25, -0.2) is 0 Å². The van der Waals surface area contributed by atoms with Gasteiger partial charge < -0.3 is 5.11 Å². The third-order valence-corrected chi connectivity index (χ3v) is 3.62. The van der Waals surface area contributed by atoms with Crippen molar-refractivity contribution >= 4 is 17.6 Å². The van der Waals surface area contributed by atoms with Gasteiger partial charge in [0.1, 0.15) is 0 Å². The Bertz CT molecular complexity index is 408. The molecule has 1 unspecified atom stereocenters. The molecule has 0 aromatic heterocycles. The van der Waals surface area contributed by atoms with Crippen molar-refractivity contribution in [2.24, 2.45) is 0 Å². The maximum absolute atomic E-state index is 10.8. The third-order valence-electron chi connectivity index (χ3n) is 3.25. The van der Waals surface area contributed by atoms with Crippen molar-refractivity contribution < 1.29 is 9.90 Å². The smallest absolute Gasteiger partial charge is 0.317 e. The van der Waals surface area contributed by atoms with Crippen molar-refractivity contribution in [1.82, 2.24) is 4.90 Å². The Morgan fingerprint density at radius 2 is 2.24 bits per heavy atom. The molecule has 92 valence electrons. The second-order valence-electron chi connectivity index (χ2n) is 4.46. The number of hydrogen-bond donors (Lipinski definition) is 1. The maximum atomic E-state index is 10.8. The van der Waals surface area contributed by atoms with Gasteiger partial charge in [0.05, 0.1) is 6.54 Å². The molecule has 0 amide bonds. The van der Waals surface area contributed by atoms with Gasteiger partial charge in [-0.15, -0.1) is 0 Å². The van der Waals surface area contributed by atoms with Crippen LogP contribution in [0.15, 0.2) is 24.3 Å². The van der Waals surface area contributed by atoms with Crippen molar-refractivity contribution in [2.45, 2.75) is 25.3 Å². The van der Waals surface area contributed by atoms with Crippen LogP contribution in [-0.2, 0) is 11.2 Å². The van der Waals surface area contributed by atoms with Gasteiger partial charge in [0.15, 0.2) is 0 Å². The highest BCUT2D eigenvalue weighted by molar-refractivity contribution is 6.31. The standard InChI is InChI=1S/C13H16ClNO2/c14-12-6-2-1-4-10(12)8-11-5-3-7-15(11)9-13(16)17/h1-2,4,6,11H,3,5,7-9H2,(H,16,17). The molecule has 1 aromatic rings. The first-order valence-corrected chi connectivity index (χ1v) is 6.24. The van der Waals surface area contributed by atoms with Gasteiger partial charge in [0.25, 0.3) is 0 Å². The summed E-state index contributed by atoms with van der Waals surface area (Å²) in [6.45, 7) is 1.01. The normalized spacial score (nSPS) is 20.6. The number of likely N-dealkylation sites (tertiary alicyclic amines) is 1. The summed E-state index contributed by atoms with van der Waals surface area (Å²) in [5.74, 6) is -0.754. The summed E-state index contributed by atoms with van der Waals surface area (Å²) in [7, 11) is 0. The van der Waals surface area contributed by atoms with E-state index < -0.39 is 5.97 Å². The minimum atomic E-state index is -0.754. The van der Waals surface area contributed by atoms with Gasteiger partial charge >= 0.3 is 5.97 Å². The lowest BCUT2D eigenvalue weighted by Gasteiger charge is -2.22. The Kier molecular flexibility index (Phi) is 4.02. The van der Waals surface area contributed by atoms with E-state index in [0.717, 1.165) is 36.4 Å². The van der Waals surface area contributed by atoms with Gasteiger partial charge in [-0.2, -0.15) is 0 Å². The molecule has 0 spiro atoms. The fourth-order valence-electron chi connectivity index (χ4n) is 2.43. The Labute approximate surface area is 106 Å². The lowest BCUT2D eigenvalue weighted by molar-refractivity contribution is -0.138. The van der Waals surface area contributed by atoms with Crippen molar-refractivity contribution in [1.29, 1.82) is 0 Å². The van der Waals surface area contributed by atoms with E-state index in [-0.39, 0.29) is 6.54 Å². The zero-order valence-electron chi connectivity index (χ0n) is 9.60. The van der Waals surface area contributed by atoms with Gasteiger partial charge in [-0.05, 0) is 37.4 Å². The minimum Gasteiger partial charge on any atom is -0.480 e. The second-order valence-corrected chi connectivity index (χ2v) is 4.86. The fraction of sp³-hybridized carbons (Fsp3) is 0.462. The number of benzene rings is 1. The zero-order chi connectivity index (χ0) is 12.3. The van der Waals surface area contributed by atoms with E-state index in [2.05, 4.69) is 0 Å². The second kappa shape index (κ2) is 5.52. The average molecular weight is 254 g/mol. The van der Waals surface area contributed by atoms with Crippen LogP contribution in [0.2, 0.25) is 5.02 Å². The van der Waals surface area contributed by atoms with E-state index in [4.69, 9.17) is 16.7 Å². The van der Waals surface area contributed by atoms with Crippen molar-refractivity contribution in [3.8, 4) is 0 Å². The zero-order valence-corrected chi connectivity index (χ0v) is 10.4. The van der Waals surface area contributed by atoms with Crippen molar-refractivity contribution in [3.05, 3.63) is 34.9 Å². The molecule has 2 rings (SSSR count). The number of halogens is 1. The summed E-state index contributed by atoms with van der Waals surface area (Å²) < 4.78 is 0.